The maximum Gasteiger partial charge on any atom is 0.261 e. The highest BCUT2D eigenvalue weighted by molar-refractivity contribution is 7.12. The summed E-state index contributed by atoms with van der Waals surface area (Å²) in [7, 11) is 0. The molecule has 3 rings (SSSR count). The number of nitrogens with zero attached hydrogens (tertiary/aromatic N) is 2. The number of benzene rings is 1. The van der Waals surface area contributed by atoms with Crippen LogP contribution < -0.4 is 5.32 Å². The van der Waals surface area contributed by atoms with E-state index in [1.807, 2.05) is 40.6 Å². The van der Waals surface area contributed by atoms with Crippen molar-refractivity contribution in [3.63, 3.8) is 0 Å². The minimum Gasteiger partial charge on any atom is -0.350 e. The van der Waals surface area contributed by atoms with E-state index in [2.05, 4.69) is 22.3 Å². The standard InChI is InChI=1S/C20H25N3O2S/c24-19(9-8-17-5-2-1-3-6-17)23-14-12-22(13-15-23)11-10-21-20(25)18-7-4-16-26-18/h1-7,16H,8-15H2,(H,21,25). The van der Waals surface area contributed by atoms with E-state index >= 15 is 0 Å². The van der Waals surface area contributed by atoms with Crippen LogP contribution in [0.3, 0.4) is 0 Å². The smallest absolute Gasteiger partial charge is 0.261 e. The molecule has 1 aromatic heterocycles. The zero-order valence-electron chi connectivity index (χ0n) is 14.9. The van der Waals surface area contributed by atoms with Gasteiger partial charge in [0.2, 0.25) is 5.91 Å². The molecule has 0 unspecified atom stereocenters. The number of carbonyl (C=O) groups is 2. The second-order valence-corrected chi connectivity index (χ2v) is 7.39. The third kappa shape index (κ3) is 5.41. The highest BCUT2D eigenvalue weighted by atomic mass is 32.1. The van der Waals surface area contributed by atoms with Gasteiger partial charge >= 0.3 is 0 Å². The monoisotopic (exact) mass is 371 g/mol. The Morgan fingerprint density at radius 1 is 1.00 bits per heavy atom. The quantitative estimate of drug-likeness (QED) is 0.812. The zero-order chi connectivity index (χ0) is 18.2. The molecule has 1 N–H and O–H groups in total. The Morgan fingerprint density at radius 2 is 1.77 bits per heavy atom. The largest absolute Gasteiger partial charge is 0.350 e. The lowest BCUT2D eigenvalue weighted by Crippen LogP contribution is -2.50. The fourth-order valence-electron chi connectivity index (χ4n) is 3.10. The van der Waals surface area contributed by atoms with E-state index in [0.717, 1.165) is 44.0 Å². The fraction of sp³-hybridized carbons (Fsp3) is 0.400. The lowest BCUT2D eigenvalue weighted by atomic mass is 10.1. The molecule has 0 spiro atoms. The van der Waals surface area contributed by atoms with Crippen LogP contribution in [0.2, 0.25) is 0 Å². The van der Waals surface area contributed by atoms with Crippen LogP contribution in [0.1, 0.15) is 21.7 Å². The van der Waals surface area contributed by atoms with Crippen molar-refractivity contribution in [2.75, 3.05) is 39.3 Å². The molecular weight excluding hydrogens is 346 g/mol. The fourth-order valence-corrected chi connectivity index (χ4v) is 3.74. The molecule has 1 fully saturated rings. The maximum atomic E-state index is 12.4. The van der Waals surface area contributed by atoms with E-state index in [1.165, 1.54) is 16.9 Å². The maximum absolute atomic E-state index is 12.4. The number of aryl methyl sites for hydroxylation is 1. The number of rotatable bonds is 7. The number of carbonyl (C=O) groups excluding carboxylic acids is 2. The van der Waals surface area contributed by atoms with E-state index in [9.17, 15) is 9.59 Å². The van der Waals surface area contributed by atoms with Gasteiger partial charge in [0.15, 0.2) is 0 Å². The number of amides is 2. The Kier molecular flexibility index (Phi) is 6.80. The lowest BCUT2D eigenvalue weighted by molar-refractivity contribution is -0.132. The molecule has 1 saturated heterocycles. The Labute approximate surface area is 158 Å². The summed E-state index contributed by atoms with van der Waals surface area (Å²) in [5.41, 5.74) is 1.21. The molecule has 0 bridgehead atoms. The molecule has 5 nitrogen and oxygen atoms in total. The van der Waals surface area contributed by atoms with E-state index in [1.54, 1.807) is 0 Å². The minimum absolute atomic E-state index is 0.00488. The molecule has 6 heteroatoms. The third-order valence-electron chi connectivity index (χ3n) is 4.65. The van der Waals surface area contributed by atoms with Crippen molar-refractivity contribution in [1.29, 1.82) is 0 Å². The molecule has 1 aliphatic rings. The molecule has 138 valence electrons. The van der Waals surface area contributed by atoms with Gasteiger partial charge in [-0.15, -0.1) is 11.3 Å². The van der Waals surface area contributed by atoms with Gasteiger partial charge in [0, 0.05) is 45.7 Å². The van der Waals surface area contributed by atoms with E-state index in [4.69, 9.17) is 0 Å². The highest BCUT2D eigenvalue weighted by Gasteiger charge is 2.20. The van der Waals surface area contributed by atoms with Gasteiger partial charge in [0.25, 0.3) is 5.91 Å². The summed E-state index contributed by atoms with van der Waals surface area (Å²) >= 11 is 1.45. The van der Waals surface area contributed by atoms with Crippen molar-refractivity contribution >= 4 is 23.2 Å². The first-order valence-corrected chi connectivity index (χ1v) is 9.96. The topological polar surface area (TPSA) is 52.7 Å². The Hall–Kier alpha value is -2.18. The second kappa shape index (κ2) is 9.50. The van der Waals surface area contributed by atoms with Gasteiger partial charge in [-0.2, -0.15) is 0 Å². The van der Waals surface area contributed by atoms with Crippen molar-refractivity contribution in [1.82, 2.24) is 15.1 Å². The van der Waals surface area contributed by atoms with Crippen molar-refractivity contribution < 1.29 is 9.59 Å². The van der Waals surface area contributed by atoms with Crippen LogP contribution in [0, 0.1) is 0 Å². The summed E-state index contributed by atoms with van der Waals surface area (Å²) in [4.78, 5) is 29.3. The average Bonchev–Trinajstić information content (AvgIpc) is 3.22. The first kappa shape index (κ1) is 18.6. The highest BCUT2D eigenvalue weighted by Crippen LogP contribution is 2.09. The average molecular weight is 372 g/mol. The molecule has 1 aromatic carbocycles. The number of nitrogens with one attached hydrogen (secondary N) is 1. The number of thiophene rings is 1. The minimum atomic E-state index is -0.00488. The van der Waals surface area contributed by atoms with Crippen LogP contribution in [0.4, 0.5) is 0 Å². The number of piperazine rings is 1. The predicted octanol–water partition coefficient (Wildman–Crippen LogP) is 2.25. The number of hydrogen-bond donors (Lipinski definition) is 1. The molecule has 0 radical (unpaired) electrons. The predicted molar refractivity (Wildman–Crippen MR) is 104 cm³/mol. The summed E-state index contributed by atoms with van der Waals surface area (Å²) in [6, 6.07) is 13.9. The molecule has 2 aromatic rings. The Bertz CT molecular complexity index is 695. The summed E-state index contributed by atoms with van der Waals surface area (Å²) in [6.45, 7) is 4.73. The summed E-state index contributed by atoms with van der Waals surface area (Å²) in [6.07, 6.45) is 1.37. The molecule has 0 saturated carbocycles. The van der Waals surface area contributed by atoms with Crippen LogP contribution in [-0.2, 0) is 11.2 Å². The van der Waals surface area contributed by atoms with Gasteiger partial charge in [-0.1, -0.05) is 36.4 Å². The summed E-state index contributed by atoms with van der Waals surface area (Å²) < 4.78 is 0. The second-order valence-electron chi connectivity index (χ2n) is 6.44. The molecule has 2 heterocycles. The lowest BCUT2D eigenvalue weighted by Gasteiger charge is -2.34. The van der Waals surface area contributed by atoms with Crippen LogP contribution in [0.5, 0.6) is 0 Å². The summed E-state index contributed by atoms with van der Waals surface area (Å²) in [5, 5.41) is 4.86. The first-order chi connectivity index (χ1) is 12.7. The normalized spacial score (nSPS) is 15.0. The molecule has 26 heavy (non-hydrogen) atoms. The van der Waals surface area contributed by atoms with Crippen molar-refractivity contribution in [2.24, 2.45) is 0 Å². The van der Waals surface area contributed by atoms with Crippen molar-refractivity contribution in [3.8, 4) is 0 Å². The third-order valence-corrected chi connectivity index (χ3v) is 5.52. The molecule has 0 atom stereocenters. The van der Waals surface area contributed by atoms with Crippen LogP contribution in [-0.4, -0.2) is 60.9 Å². The van der Waals surface area contributed by atoms with E-state index in [-0.39, 0.29) is 11.8 Å². The van der Waals surface area contributed by atoms with Gasteiger partial charge in [0.05, 0.1) is 4.88 Å². The molecule has 0 aliphatic carbocycles. The van der Waals surface area contributed by atoms with Gasteiger partial charge < -0.3 is 10.2 Å². The van der Waals surface area contributed by atoms with Gasteiger partial charge in [-0.25, -0.2) is 0 Å². The molecule has 2 amide bonds. The van der Waals surface area contributed by atoms with Crippen molar-refractivity contribution in [3.05, 3.63) is 58.3 Å². The number of hydrogen-bond acceptors (Lipinski definition) is 4. The van der Waals surface area contributed by atoms with Gasteiger partial charge in [0.1, 0.15) is 0 Å². The van der Waals surface area contributed by atoms with Crippen LogP contribution in [0.15, 0.2) is 47.8 Å². The summed E-state index contributed by atoms with van der Waals surface area (Å²) in [5.74, 6) is 0.231. The van der Waals surface area contributed by atoms with Crippen LogP contribution >= 0.6 is 11.3 Å². The van der Waals surface area contributed by atoms with Gasteiger partial charge in [-0.3, -0.25) is 14.5 Å². The Morgan fingerprint density at radius 3 is 2.46 bits per heavy atom. The van der Waals surface area contributed by atoms with Gasteiger partial charge in [-0.05, 0) is 23.4 Å². The molecular formula is C20H25N3O2S. The van der Waals surface area contributed by atoms with E-state index in [0.29, 0.717) is 13.0 Å². The van der Waals surface area contributed by atoms with Crippen LogP contribution in [0.25, 0.3) is 0 Å². The zero-order valence-corrected chi connectivity index (χ0v) is 15.7. The molecule has 1 aliphatic heterocycles. The first-order valence-electron chi connectivity index (χ1n) is 9.08. The Balaban J connectivity index is 1.32. The van der Waals surface area contributed by atoms with E-state index < -0.39 is 0 Å². The SMILES string of the molecule is O=C(NCCN1CCN(C(=O)CCc2ccccc2)CC1)c1cccs1. The van der Waals surface area contributed by atoms with Crippen molar-refractivity contribution in [2.45, 2.75) is 12.8 Å².